The minimum absolute atomic E-state index is 0.0763. The van der Waals surface area contributed by atoms with E-state index in [0.717, 1.165) is 57.7 Å². The van der Waals surface area contributed by atoms with Gasteiger partial charge >= 0.3 is 0 Å². The number of hydrogen-bond acceptors (Lipinski definition) is 6. The maximum atomic E-state index is 13.0. The molecule has 0 N–H and O–H groups in total. The van der Waals surface area contributed by atoms with Crippen LogP contribution in [-0.4, -0.2) is 54.2 Å². The van der Waals surface area contributed by atoms with Gasteiger partial charge in [-0.25, -0.2) is 4.98 Å². The molecule has 1 fully saturated rings. The quantitative estimate of drug-likeness (QED) is 0.470. The van der Waals surface area contributed by atoms with Gasteiger partial charge in [0.1, 0.15) is 22.8 Å². The lowest BCUT2D eigenvalue weighted by Crippen LogP contribution is -2.49. The Balaban J connectivity index is 1.29. The summed E-state index contributed by atoms with van der Waals surface area (Å²) >= 11 is 0. The van der Waals surface area contributed by atoms with Crippen LogP contribution in [0.2, 0.25) is 0 Å². The number of pyridine rings is 1. The summed E-state index contributed by atoms with van der Waals surface area (Å²) in [5, 5.41) is 6.20. The summed E-state index contributed by atoms with van der Waals surface area (Å²) in [6.45, 7) is 8.97. The highest BCUT2D eigenvalue weighted by atomic mass is 16.5. The first-order valence-electron chi connectivity index (χ1n) is 11.3. The largest absolute Gasteiger partial charge is 0.494 e. The molecule has 2 aromatic heterocycles. The Morgan fingerprint density at radius 1 is 1.00 bits per heavy atom. The van der Waals surface area contributed by atoms with E-state index in [2.05, 4.69) is 42.1 Å². The van der Waals surface area contributed by atoms with Crippen LogP contribution in [0.4, 0.5) is 5.82 Å². The number of nitrogens with zero attached hydrogens (tertiary/aromatic N) is 4. The van der Waals surface area contributed by atoms with Crippen LogP contribution in [-0.2, 0) is 11.2 Å². The second-order valence-corrected chi connectivity index (χ2v) is 8.76. The molecule has 0 spiro atoms. The van der Waals surface area contributed by atoms with E-state index in [1.807, 2.05) is 30.0 Å². The Morgan fingerprint density at radius 2 is 1.76 bits per heavy atom. The van der Waals surface area contributed by atoms with Gasteiger partial charge in [-0.05, 0) is 61.7 Å². The average Bonchev–Trinajstić information content (AvgIpc) is 3.20. The summed E-state index contributed by atoms with van der Waals surface area (Å²) in [7, 11) is 1.67. The normalized spacial score (nSPS) is 14.3. The number of piperazine rings is 1. The van der Waals surface area contributed by atoms with Crippen LogP contribution in [0, 0.1) is 20.8 Å². The molecule has 7 heteroatoms. The van der Waals surface area contributed by atoms with Crippen LogP contribution in [0.15, 0.2) is 40.9 Å². The molecule has 4 aromatic rings. The fourth-order valence-corrected chi connectivity index (χ4v) is 4.51. The van der Waals surface area contributed by atoms with E-state index in [1.165, 1.54) is 5.56 Å². The summed E-state index contributed by atoms with van der Waals surface area (Å²) in [4.78, 5) is 22.0. The summed E-state index contributed by atoms with van der Waals surface area (Å²) in [5.41, 5.74) is 5.80. The van der Waals surface area contributed by atoms with Crippen LogP contribution in [0.5, 0.6) is 5.75 Å². The second-order valence-electron chi connectivity index (χ2n) is 8.76. The highest BCUT2D eigenvalue weighted by Gasteiger charge is 2.24. The van der Waals surface area contributed by atoms with E-state index in [4.69, 9.17) is 14.2 Å². The molecule has 0 aliphatic carbocycles. The number of carbonyl (C=O) groups is 1. The van der Waals surface area contributed by atoms with Gasteiger partial charge in [-0.3, -0.25) is 4.79 Å². The number of aryl methyl sites for hydroxylation is 3. The molecular weight excluding hydrogens is 416 g/mol. The first-order valence-corrected chi connectivity index (χ1v) is 11.3. The monoisotopic (exact) mass is 444 g/mol. The molecule has 7 nitrogen and oxygen atoms in total. The van der Waals surface area contributed by atoms with Crippen LogP contribution in [0.3, 0.4) is 0 Å². The number of ether oxygens (including phenoxy) is 1. The molecule has 1 aliphatic rings. The van der Waals surface area contributed by atoms with Crippen molar-refractivity contribution in [1.29, 1.82) is 0 Å². The van der Waals surface area contributed by atoms with Gasteiger partial charge < -0.3 is 19.1 Å². The third kappa shape index (κ3) is 3.88. The Hall–Kier alpha value is -3.61. The number of fused-ring (bicyclic) bond motifs is 2. The molecule has 1 amide bonds. The number of para-hydroxylation sites is 1. The predicted molar refractivity (Wildman–Crippen MR) is 129 cm³/mol. The molecule has 0 bridgehead atoms. The zero-order valence-electron chi connectivity index (χ0n) is 19.5. The molecule has 2 aromatic carbocycles. The van der Waals surface area contributed by atoms with Crippen molar-refractivity contribution in [3.8, 4) is 5.75 Å². The van der Waals surface area contributed by atoms with Crippen LogP contribution >= 0.6 is 0 Å². The lowest BCUT2D eigenvalue weighted by Gasteiger charge is -2.35. The fourth-order valence-electron chi connectivity index (χ4n) is 4.51. The third-order valence-corrected chi connectivity index (χ3v) is 6.65. The second kappa shape index (κ2) is 8.39. The predicted octanol–water partition coefficient (Wildman–Crippen LogP) is 4.20. The molecule has 0 radical (unpaired) electrons. The summed E-state index contributed by atoms with van der Waals surface area (Å²) < 4.78 is 11.0. The topological polar surface area (TPSA) is 71.7 Å². The van der Waals surface area contributed by atoms with Gasteiger partial charge in [-0.1, -0.05) is 17.3 Å². The van der Waals surface area contributed by atoms with Crippen molar-refractivity contribution < 1.29 is 14.1 Å². The zero-order chi connectivity index (χ0) is 23.1. The van der Waals surface area contributed by atoms with E-state index in [0.29, 0.717) is 18.8 Å². The third-order valence-electron chi connectivity index (χ3n) is 6.65. The van der Waals surface area contributed by atoms with Gasteiger partial charge in [0.25, 0.3) is 0 Å². The maximum absolute atomic E-state index is 13.0. The Kier molecular flexibility index (Phi) is 5.40. The van der Waals surface area contributed by atoms with Gasteiger partial charge in [0, 0.05) is 37.0 Å². The highest BCUT2D eigenvalue weighted by molar-refractivity contribution is 5.89. The average molecular weight is 445 g/mol. The van der Waals surface area contributed by atoms with Crippen LogP contribution < -0.4 is 9.64 Å². The highest BCUT2D eigenvalue weighted by Crippen LogP contribution is 2.30. The van der Waals surface area contributed by atoms with Gasteiger partial charge in [0.15, 0.2) is 5.58 Å². The number of amides is 1. The molecule has 170 valence electrons. The van der Waals surface area contributed by atoms with E-state index in [9.17, 15) is 4.79 Å². The van der Waals surface area contributed by atoms with Gasteiger partial charge in [0.2, 0.25) is 5.91 Å². The first kappa shape index (κ1) is 21.2. The van der Waals surface area contributed by atoms with Crippen molar-refractivity contribution in [2.45, 2.75) is 27.2 Å². The smallest absolute Gasteiger partial charge is 0.228 e. The number of methoxy groups -OCH3 is 1. The van der Waals surface area contributed by atoms with Crippen molar-refractivity contribution in [1.82, 2.24) is 15.0 Å². The van der Waals surface area contributed by atoms with E-state index in [-0.39, 0.29) is 12.3 Å². The Morgan fingerprint density at radius 3 is 2.52 bits per heavy atom. The van der Waals surface area contributed by atoms with Crippen LogP contribution in [0.25, 0.3) is 21.9 Å². The lowest BCUT2D eigenvalue weighted by molar-refractivity contribution is -0.130. The molecule has 33 heavy (non-hydrogen) atoms. The molecule has 3 heterocycles. The molecule has 1 aliphatic heterocycles. The van der Waals surface area contributed by atoms with E-state index < -0.39 is 0 Å². The summed E-state index contributed by atoms with van der Waals surface area (Å²) in [6, 6.07) is 12.1. The van der Waals surface area contributed by atoms with Gasteiger partial charge in [-0.2, -0.15) is 0 Å². The van der Waals surface area contributed by atoms with Crippen molar-refractivity contribution in [3.63, 3.8) is 0 Å². The molecule has 5 rings (SSSR count). The lowest BCUT2D eigenvalue weighted by atomic mass is 10.1. The Bertz CT molecular complexity index is 1350. The molecule has 0 saturated carbocycles. The first-order chi connectivity index (χ1) is 15.9. The summed E-state index contributed by atoms with van der Waals surface area (Å²) in [5.74, 6) is 1.77. The van der Waals surface area contributed by atoms with Gasteiger partial charge in [0.05, 0.1) is 13.5 Å². The number of rotatable bonds is 4. The molecular formula is C26H28N4O3. The van der Waals surface area contributed by atoms with Crippen molar-refractivity contribution in [3.05, 3.63) is 58.8 Å². The van der Waals surface area contributed by atoms with E-state index >= 15 is 0 Å². The van der Waals surface area contributed by atoms with Crippen molar-refractivity contribution in [2.75, 3.05) is 38.2 Å². The van der Waals surface area contributed by atoms with Gasteiger partial charge in [-0.15, -0.1) is 0 Å². The van der Waals surface area contributed by atoms with Crippen LogP contribution in [0.1, 0.15) is 22.4 Å². The molecule has 0 atom stereocenters. The fraction of sp³-hybridized carbons (Fsp3) is 0.346. The minimum atomic E-state index is 0.0763. The Labute approximate surface area is 192 Å². The standard InChI is InChI=1S/C26H28N4O3/c1-16-12-20-21(28-33-23(20)13-17(16)2)15-25(31)30-10-8-29(9-11-30)24-14-18(3)19-6-5-7-22(32-4)26(19)27-24/h5-7,12-14H,8-11,15H2,1-4H3. The SMILES string of the molecule is COc1cccc2c(C)cc(N3CCN(C(=O)Cc4noc5cc(C)c(C)cc45)CC3)nc12. The van der Waals surface area contributed by atoms with Crippen molar-refractivity contribution in [2.24, 2.45) is 0 Å². The maximum Gasteiger partial charge on any atom is 0.228 e. The minimum Gasteiger partial charge on any atom is -0.494 e. The molecule has 1 saturated heterocycles. The number of hydrogen-bond donors (Lipinski definition) is 0. The number of benzene rings is 2. The van der Waals surface area contributed by atoms with E-state index in [1.54, 1.807) is 7.11 Å². The molecule has 0 unspecified atom stereocenters. The number of anilines is 1. The number of carbonyl (C=O) groups excluding carboxylic acids is 1. The zero-order valence-corrected chi connectivity index (χ0v) is 19.5. The van der Waals surface area contributed by atoms with Crippen molar-refractivity contribution >= 4 is 33.6 Å². The number of aromatic nitrogens is 2. The summed E-state index contributed by atoms with van der Waals surface area (Å²) in [6.07, 6.45) is 0.250.